The van der Waals surface area contributed by atoms with E-state index < -0.39 is 5.82 Å². The zero-order chi connectivity index (χ0) is 14.0. The second kappa shape index (κ2) is 6.15. The maximum atomic E-state index is 13.3. The highest BCUT2D eigenvalue weighted by Gasteiger charge is 2.14. The van der Waals surface area contributed by atoms with Crippen molar-refractivity contribution in [3.05, 3.63) is 54.8 Å². The zero-order valence-corrected chi connectivity index (χ0v) is 14.0. The van der Waals surface area contributed by atoms with Crippen LogP contribution < -0.4 is 0 Å². The molecule has 0 aliphatic heterocycles. The van der Waals surface area contributed by atoms with Crippen molar-refractivity contribution in [3.8, 4) is 0 Å². The summed E-state index contributed by atoms with van der Waals surface area (Å²) in [6.07, 6.45) is 0. The molecule has 2 aromatic rings. The topological polar surface area (TPSA) is 20.3 Å². The van der Waals surface area contributed by atoms with Crippen molar-refractivity contribution in [3.63, 3.8) is 0 Å². The Bertz CT molecular complexity index is 594. The molecule has 0 N–H and O–H groups in total. The van der Waals surface area contributed by atoms with E-state index in [4.69, 9.17) is 0 Å². The van der Waals surface area contributed by atoms with Crippen LogP contribution in [-0.4, -0.2) is 17.9 Å². The molecule has 0 aliphatic rings. The molecule has 6 heteroatoms. The van der Waals surface area contributed by atoms with Gasteiger partial charge in [-0.25, -0.2) is 4.39 Å². The first kappa shape index (κ1) is 14.7. The molecule has 0 bridgehead atoms. The average molecular weight is 407 g/mol. The Morgan fingerprint density at radius 1 is 1.26 bits per heavy atom. The van der Waals surface area contributed by atoms with Crippen LogP contribution in [0.25, 0.3) is 0 Å². The van der Waals surface area contributed by atoms with Crippen LogP contribution in [0.5, 0.6) is 0 Å². The van der Waals surface area contributed by atoms with Gasteiger partial charge in [-0.1, -0.05) is 15.9 Å². The average Bonchev–Trinajstić information content (AvgIpc) is 2.72. The van der Waals surface area contributed by atoms with Crippen LogP contribution in [0.1, 0.15) is 15.2 Å². The predicted molar refractivity (Wildman–Crippen MR) is 81.9 cm³/mol. The van der Waals surface area contributed by atoms with Crippen molar-refractivity contribution in [1.29, 1.82) is 0 Å². The molecule has 0 spiro atoms. The summed E-state index contributed by atoms with van der Waals surface area (Å²) in [7, 11) is 1.70. The molecule has 19 heavy (non-hydrogen) atoms. The van der Waals surface area contributed by atoms with Gasteiger partial charge in [0.15, 0.2) is 0 Å². The predicted octanol–water partition coefficient (Wildman–Crippen LogP) is 4.68. The van der Waals surface area contributed by atoms with Crippen LogP contribution in [0.15, 0.2) is 38.6 Å². The lowest BCUT2D eigenvalue weighted by Crippen LogP contribution is -2.25. The van der Waals surface area contributed by atoms with Gasteiger partial charge in [-0.05, 0) is 40.2 Å². The van der Waals surface area contributed by atoms with Gasteiger partial charge in [-0.15, -0.1) is 11.3 Å². The molecule has 0 atom stereocenters. The summed E-state index contributed by atoms with van der Waals surface area (Å²) in [5.74, 6) is -0.630. The Morgan fingerprint density at radius 3 is 2.58 bits per heavy atom. The van der Waals surface area contributed by atoms with Crippen molar-refractivity contribution < 1.29 is 9.18 Å². The van der Waals surface area contributed by atoms with Gasteiger partial charge in [0.1, 0.15) is 5.82 Å². The van der Waals surface area contributed by atoms with Gasteiger partial charge in [-0.2, -0.15) is 0 Å². The standard InChI is InChI=1S/C13H10Br2FNOS/c1-17(6-12-5-10(15)7-19-12)13(18)8-2-9(14)4-11(16)3-8/h2-5,7H,6H2,1H3. The van der Waals surface area contributed by atoms with E-state index in [9.17, 15) is 9.18 Å². The highest BCUT2D eigenvalue weighted by Crippen LogP contribution is 2.22. The van der Waals surface area contributed by atoms with Gasteiger partial charge in [0.05, 0.1) is 6.54 Å². The normalized spacial score (nSPS) is 10.5. The summed E-state index contributed by atoms with van der Waals surface area (Å²) in [5.41, 5.74) is 0.338. The van der Waals surface area contributed by atoms with Crippen LogP contribution in [0.2, 0.25) is 0 Å². The number of nitrogens with zero attached hydrogens (tertiary/aromatic N) is 1. The second-order valence-electron chi connectivity index (χ2n) is 4.05. The minimum absolute atomic E-state index is 0.204. The van der Waals surface area contributed by atoms with Crippen molar-refractivity contribution in [1.82, 2.24) is 4.90 Å². The van der Waals surface area contributed by atoms with Gasteiger partial charge in [-0.3, -0.25) is 4.79 Å². The molecule has 0 unspecified atom stereocenters. The minimum atomic E-state index is -0.426. The first-order chi connectivity index (χ1) is 8.95. The molecule has 1 aromatic heterocycles. The van der Waals surface area contributed by atoms with Crippen LogP contribution in [0.4, 0.5) is 4.39 Å². The van der Waals surface area contributed by atoms with E-state index in [1.54, 1.807) is 29.4 Å². The SMILES string of the molecule is CN(Cc1cc(Br)cs1)C(=O)c1cc(F)cc(Br)c1. The quantitative estimate of drug-likeness (QED) is 0.724. The van der Waals surface area contributed by atoms with Crippen LogP contribution in [0.3, 0.4) is 0 Å². The summed E-state index contributed by atoms with van der Waals surface area (Å²) in [6.45, 7) is 0.503. The molecule has 0 saturated heterocycles. The molecule has 100 valence electrons. The van der Waals surface area contributed by atoms with Gasteiger partial charge >= 0.3 is 0 Å². The molecule has 0 saturated carbocycles. The second-order valence-corrected chi connectivity index (χ2v) is 6.88. The largest absolute Gasteiger partial charge is 0.337 e. The summed E-state index contributed by atoms with van der Waals surface area (Å²) in [5, 5.41) is 1.96. The summed E-state index contributed by atoms with van der Waals surface area (Å²) in [6, 6.07) is 6.16. The van der Waals surface area contributed by atoms with Crippen molar-refractivity contribution in [2.24, 2.45) is 0 Å². The lowest BCUT2D eigenvalue weighted by Gasteiger charge is -2.16. The number of amides is 1. The Balaban J connectivity index is 2.14. The van der Waals surface area contributed by atoms with Gasteiger partial charge in [0, 0.05) is 31.8 Å². The van der Waals surface area contributed by atoms with E-state index in [0.29, 0.717) is 16.6 Å². The van der Waals surface area contributed by atoms with Crippen molar-refractivity contribution >= 4 is 49.1 Å². The lowest BCUT2D eigenvalue weighted by atomic mass is 10.2. The monoisotopic (exact) mass is 405 g/mol. The molecule has 0 aliphatic carbocycles. The Hall–Kier alpha value is -0.720. The molecule has 1 aromatic carbocycles. The van der Waals surface area contributed by atoms with Crippen molar-refractivity contribution in [2.45, 2.75) is 6.54 Å². The first-order valence-electron chi connectivity index (χ1n) is 5.40. The fourth-order valence-corrected chi connectivity index (χ4v) is 3.61. The summed E-state index contributed by atoms with van der Waals surface area (Å²) >= 11 is 8.13. The number of halogens is 3. The number of hydrogen-bond acceptors (Lipinski definition) is 2. The number of hydrogen-bond donors (Lipinski definition) is 0. The maximum Gasteiger partial charge on any atom is 0.254 e. The number of carbonyl (C=O) groups excluding carboxylic acids is 1. The number of thiophene rings is 1. The van der Waals surface area contributed by atoms with Gasteiger partial charge in [0.2, 0.25) is 0 Å². The Labute approximate surface area is 131 Å². The van der Waals surface area contributed by atoms with E-state index in [1.807, 2.05) is 11.4 Å². The van der Waals surface area contributed by atoms with Crippen LogP contribution >= 0.6 is 43.2 Å². The fraction of sp³-hybridized carbons (Fsp3) is 0.154. The van der Waals surface area contributed by atoms with E-state index in [-0.39, 0.29) is 5.91 Å². The molecular weight excluding hydrogens is 397 g/mol. The number of rotatable bonds is 3. The fourth-order valence-electron chi connectivity index (χ4n) is 1.64. The van der Waals surface area contributed by atoms with E-state index in [0.717, 1.165) is 9.35 Å². The lowest BCUT2D eigenvalue weighted by molar-refractivity contribution is 0.0786. The highest BCUT2D eigenvalue weighted by molar-refractivity contribution is 9.10. The van der Waals surface area contributed by atoms with E-state index in [1.165, 1.54) is 12.1 Å². The third-order valence-electron chi connectivity index (χ3n) is 2.47. The summed E-state index contributed by atoms with van der Waals surface area (Å²) in [4.78, 5) is 14.8. The van der Waals surface area contributed by atoms with Gasteiger partial charge in [0.25, 0.3) is 5.91 Å². The molecule has 0 radical (unpaired) electrons. The first-order valence-corrected chi connectivity index (χ1v) is 7.87. The minimum Gasteiger partial charge on any atom is -0.337 e. The number of carbonyl (C=O) groups is 1. The highest BCUT2D eigenvalue weighted by atomic mass is 79.9. The Morgan fingerprint density at radius 2 is 2.00 bits per heavy atom. The molecule has 2 rings (SSSR count). The molecule has 1 heterocycles. The van der Waals surface area contributed by atoms with Gasteiger partial charge < -0.3 is 4.90 Å². The zero-order valence-electron chi connectivity index (χ0n) is 9.99. The summed E-state index contributed by atoms with van der Waals surface area (Å²) < 4.78 is 14.8. The van der Waals surface area contributed by atoms with Crippen LogP contribution in [0, 0.1) is 5.82 Å². The molecule has 2 nitrogen and oxygen atoms in total. The van der Waals surface area contributed by atoms with E-state index >= 15 is 0 Å². The Kier molecular flexibility index (Phi) is 4.76. The third kappa shape index (κ3) is 3.87. The molecule has 1 amide bonds. The van der Waals surface area contributed by atoms with Crippen LogP contribution in [-0.2, 0) is 6.54 Å². The number of benzene rings is 1. The smallest absolute Gasteiger partial charge is 0.254 e. The van der Waals surface area contributed by atoms with Crippen molar-refractivity contribution in [2.75, 3.05) is 7.05 Å². The maximum absolute atomic E-state index is 13.3. The van der Waals surface area contributed by atoms with E-state index in [2.05, 4.69) is 31.9 Å². The third-order valence-corrected chi connectivity index (χ3v) is 4.61. The molecular formula is C13H10Br2FNOS. The molecule has 0 fully saturated rings.